The summed E-state index contributed by atoms with van der Waals surface area (Å²) in [5.74, 6) is -2.71. The first-order valence-corrected chi connectivity index (χ1v) is 11.1. The van der Waals surface area contributed by atoms with Crippen molar-refractivity contribution in [2.24, 2.45) is 0 Å². The van der Waals surface area contributed by atoms with Gasteiger partial charge in [0.25, 0.3) is 5.92 Å². The molecular formula is C22H32F2N4O3. The Morgan fingerprint density at radius 2 is 1.71 bits per heavy atom. The average molecular weight is 439 g/mol. The lowest BCUT2D eigenvalue weighted by Gasteiger charge is -2.36. The Morgan fingerprint density at radius 3 is 2.45 bits per heavy atom. The Morgan fingerprint density at radius 1 is 1.03 bits per heavy atom. The highest BCUT2D eigenvalue weighted by Crippen LogP contribution is 2.30. The number of rotatable bonds is 6. The molecule has 1 aromatic carbocycles. The molecule has 7 nitrogen and oxygen atoms in total. The first kappa shape index (κ1) is 22.4. The molecular weight excluding hydrogens is 406 g/mol. The number of para-hydroxylation sites is 2. The number of aliphatic hydroxyl groups is 1. The van der Waals surface area contributed by atoms with Gasteiger partial charge in [-0.05, 0) is 18.6 Å². The van der Waals surface area contributed by atoms with Crippen molar-refractivity contribution in [3.05, 3.63) is 24.3 Å². The van der Waals surface area contributed by atoms with Crippen LogP contribution in [0.15, 0.2) is 24.3 Å². The zero-order valence-corrected chi connectivity index (χ0v) is 17.9. The van der Waals surface area contributed by atoms with Gasteiger partial charge in [-0.3, -0.25) is 14.6 Å². The van der Waals surface area contributed by atoms with Crippen LogP contribution in [0.5, 0.6) is 0 Å². The van der Waals surface area contributed by atoms with Gasteiger partial charge < -0.3 is 20.1 Å². The van der Waals surface area contributed by atoms with E-state index in [0.717, 1.165) is 24.5 Å². The third-order valence-electron chi connectivity index (χ3n) is 6.41. The third kappa shape index (κ3) is 5.91. The molecule has 3 saturated heterocycles. The first-order valence-electron chi connectivity index (χ1n) is 11.1. The second-order valence-corrected chi connectivity index (χ2v) is 8.98. The fourth-order valence-corrected chi connectivity index (χ4v) is 4.71. The summed E-state index contributed by atoms with van der Waals surface area (Å²) in [7, 11) is 0. The van der Waals surface area contributed by atoms with E-state index in [4.69, 9.17) is 4.74 Å². The van der Waals surface area contributed by atoms with Crippen molar-refractivity contribution in [1.82, 2.24) is 9.80 Å². The van der Waals surface area contributed by atoms with Crippen LogP contribution < -0.4 is 10.2 Å². The molecule has 0 radical (unpaired) electrons. The maximum atomic E-state index is 13.4. The monoisotopic (exact) mass is 438 g/mol. The molecule has 31 heavy (non-hydrogen) atoms. The molecule has 4 rings (SSSR count). The molecule has 172 valence electrons. The number of β-amino-alcohol motifs (C(OH)–C–C–N with tert-alkyl or cyclic N) is 1. The van der Waals surface area contributed by atoms with Gasteiger partial charge in [-0.25, -0.2) is 8.78 Å². The Bertz CT molecular complexity index is 765. The van der Waals surface area contributed by atoms with E-state index in [0.29, 0.717) is 52.4 Å². The zero-order valence-electron chi connectivity index (χ0n) is 17.9. The van der Waals surface area contributed by atoms with Gasteiger partial charge in [-0.1, -0.05) is 12.1 Å². The molecule has 1 amide bonds. The largest absolute Gasteiger partial charge is 0.387 e. The lowest BCUT2D eigenvalue weighted by Crippen LogP contribution is -2.49. The maximum Gasteiger partial charge on any atom is 0.250 e. The number of ether oxygens (including phenoxy) is 1. The summed E-state index contributed by atoms with van der Waals surface area (Å²) in [5, 5.41) is 14.0. The smallest absolute Gasteiger partial charge is 0.250 e. The highest BCUT2D eigenvalue weighted by molar-refractivity contribution is 5.95. The lowest BCUT2D eigenvalue weighted by atomic mass is 10.00. The fraction of sp³-hybridized carbons (Fsp3) is 0.682. The van der Waals surface area contributed by atoms with Crippen molar-refractivity contribution in [3.8, 4) is 0 Å². The minimum atomic E-state index is -2.59. The number of amides is 1. The summed E-state index contributed by atoms with van der Waals surface area (Å²) in [6, 6.07) is 7.75. The van der Waals surface area contributed by atoms with Crippen molar-refractivity contribution in [2.45, 2.75) is 30.8 Å². The molecule has 9 heteroatoms. The summed E-state index contributed by atoms with van der Waals surface area (Å²) >= 11 is 0. The molecule has 0 aromatic heterocycles. The van der Waals surface area contributed by atoms with E-state index in [9.17, 15) is 18.7 Å². The lowest BCUT2D eigenvalue weighted by molar-refractivity contribution is -0.117. The number of benzene rings is 1. The molecule has 0 bridgehead atoms. The van der Waals surface area contributed by atoms with E-state index in [-0.39, 0.29) is 25.3 Å². The van der Waals surface area contributed by atoms with Crippen LogP contribution in [0.4, 0.5) is 20.2 Å². The van der Waals surface area contributed by atoms with Crippen LogP contribution in [-0.4, -0.2) is 97.9 Å². The Labute approximate surface area is 181 Å². The Kier molecular flexibility index (Phi) is 6.76. The van der Waals surface area contributed by atoms with Crippen molar-refractivity contribution in [3.63, 3.8) is 0 Å². The topological polar surface area (TPSA) is 68.3 Å². The van der Waals surface area contributed by atoms with Gasteiger partial charge in [0.05, 0.1) is 36.7 Å². The minimum absolute atomic E-state index is 0.123. The van der Waals surface area contributed by atoms with Gasteiger partial charge in [0.15, 0.2) is 0 Å². The molecule has 0 saturated carbocycles. The molecule has 3 aliphatic heterocycles. The minimum Gasteiger partial charge on any atom is -0.387 e. The number of hydrogen-bond acceptors (Lipinski definition) is 6. The van der Waals surface area contributed by atoms with E-state index in [1.165, 1.54) is 0 Å². The summed E-state index contributed by atoms with van der Waals surface area (Å²) < 4.78 is 32.1. The zero-order chi connectivity index (χ0) is 21.9. The normalized spacial score (nSPS) is 27.4. The maximum absolute atomic E-state index is 13.4. The number of hydrogen-bond donors (Lipinski definition) is 2. The van der Waals surface area contributed by atoms with E-state index >= 15 is 0 Å². The highest BCUT2D eigenvalue weighted by atomic mass is 19.3. The van der Waals surface area contributed by atoms with Crippen LogP contribution in [0, 0.1) is 0 Å². The van der Waals surface area contributed by atoms with Crippen LogP contribution in [0.2, 0.25) is 0 Å². The number of alkyl halides is 2. The van der Waals surface area contributed by atoms with Gasteiger partial charge in [0.2, 0.25) is 5.91 Å². The van der Waals surface area contributed by atoms with Gasteiger partial charge in [0.1, 0.15) is 0 Å². The third-order valence-corrected chi connectivity index (χ3v) is 6.41. The number of nitrogens with zero attached hydrogens (tertiary/aromatic N) is 3. The Balaban J connectivity index is 1.28. The summed E-state index contributed by atoms with van der Waals surface area (Å²) in [5.41, 5.74) is 0.801. The van der Waals surface area contributed by atoms with Crippen LogP contribution in [-0.2, 0) is 9.53 Å². The van der Waals surface area contributed by atoms with Gasteiger partial charge in [-0.2, -0.15) is 0 Å². The van der Waals surface area contributed by atoms with Crippen molar-refractivity contribution >= 4 is 17.3 Å². The number of piperidine rings is 1. The predicted molar refractivity (Wildman–Crippen MR) is 115 cm³/mol. The number of nitrogens with one attached hydrogen (secondary N) is 1. The van der Waals surface area contributed by atoms with Crippen LogP contribution in [0.1, 0.15) is 19.3 Å². The van der Waals surface area contributed by atoms with E-state index in [1.54, 1.807) is 0 Å². The summed E-state index contributed by atoms with van der Waals surface area (Å²) in [6.45, 7) is 5.06. The molecule has 0 spiro atoms. The van der Waals surface area contributed by atoms with Gasteiger partial charge >= 0.3 is 0 Å². The fourth-order valence-electron chi connectivity index (χ4n) is 4.71. The van der Waals surface area contributed by atoms with Crippen molar-refractivity contribution in [1.29, 1.82) is 0 Å². The summed E-state index contributed by atoms with van der Waals surface area (Å²) in [4.78, 5) is 18.8. The second-order valence-electron chi connectivity index (χ2n) is 8.98. The second kappa shape index (κ2) is 9.36. The first-order chi connectivity index (χ1) is 14.8. The van der Waals surface area contributed by atoms with Crippen molar-refractivity contribution in [2.75, 3.05) is 75.8 Å². The predicted octanol–water partition coefficient (Wildman–Crippen LogP) is 1.63. The van der Waals surface area contributed by atoms with Gasteiger partial charge in [-0.15, -0.1) is 0 Å². The molecule has 1 atom stereocenters. The van der Waals surface area contributed by atoms with E-state index in [2.05, 4.69) is 10.2 Å². The van der Waals surface area contributed by atoms with Crippen LogP contribution >= 0.6 is 0 Å². The van der Waals surface area contributed by atoms with Crippen molar-refractivity contribution < 1.29 is 23.4 Å². The number of morpholine rings is 1. The van der Waals surface area contributed by atoms with E-state index < -0.39 is 11.5 Å². The molecule has 0 unspecified atom stereocenters. The van der Waals surface area contributed by atoms with Crippen LogP contribution in [0.3, 0.4) is 0 Å². The molecule has 3 heterocycles. The molecule has 3 fully saturated rings. The van der Waals surface area contributed by atoms with Gasteiger partial charge in [0, 0.05) is 58.7 Å². The SMILES string of the molecule is O=C(CN1CC[C@](O)(CN2CCC(F)(F)CC2)C1)Nc1ccccc1N1CCOCC1. The number of carbonyl (C=O) groups is 1. The quantitative estimate of drug-likeness (QED) is 0.704. The molecule has 1 aromatic rings. The molecule has 0 aliphatic carbocycles. The van der Waals surface area contributed by atoms with E-state index in [1.807, 2.05) is 34.1 Å². The molecule has 3 aliphatic rings. The Hall–Kier alpha value is -1.81. The standard InChI is InChI=1S/C22H32F2N4O3/c23-22(24)6-9-26(10-7-22)16-21(30)5-8-27(17-21)15-20(29)25-18-3-1-2-4-19(18)28-11-13-31-14-12-28/h1-4,30H,5-17H2,(H,25,29)/t21-/m0/s1. The average Bonchev–Trinajstić information content (AvgIpc) is 3.11. The number of halogens is 2. The highest BCUT2D eigenvalue weighted by Gasteiger charge is 2.41. The molecule has 2 N–H and O–H groups in total. The number of likely N-dealkylation sites (tertiary alicyclic amines) is 2. The number of carbonyl (C=O) groups excluding carboxylic acids is 1. The number of anilines is 2. The summed E-state index contributed by atoms with van der Waals surface area (Å²) in [6.07, 6.45) is 0.229. The van der Waals surface area contributed by atoms with Crippen LogP contribution in [0.25, 0.3) is 0 Å².